The Morgan fingerprint density at radius 3 is 2.73 bits per heavy atom. The van der Waals surface area contributed by atoms with E-state index in [1.54, 1.807) is 7.11 Å². The number of hydrogen-bond acceptors (Lipinski definition) is 3. The summed E-state index contributed by atoms with van der Waals surface area (Å²) in [6, 6.07) is 6.30. The number of ether oxygens (including phenoxy) is 1. The van der Waals surface area contributed by atoms with Gasteiger partial charge in [0.1, 0.15) is 5.75 Å². The SMILES string of the molecule is COc1ccc(SC2CC(N)C2)cc1Cl. The first-order chi connectivity index (χ1) is 7.19. The minimum absolute atomic E-state index is 0.399. The van der Waals surface area contributed by atoms with Gasteiger partial charge in [0.05, 0.1) is 12.1 Å². The van der Waals surface area contributed by atoms with Gasteiger partial charge >= 0.3 is 0 Å². The van der Waals surface area contributed by atoms with E-state index in [4.69, 9.17) is 22.1 Å². The van der Waals surface area contributed by atoms with Crippen molar-refractivity contribution in [1.29, 1.82) is 0 Å². The van der Waals surface area contributed by atoms with Gasteiger partial charge in [-0.1, -0.05) is 11.6 Å². The molecule has 0 radical (unpaired) electrons. The lowest BCUT2D eigenvalue weighted by atomic mass is 9.94. The van der Waals surface area contributed by atoms with Crippen LogP contribution in [0.4, 0.5) is 0 Å². The van der Waals surface area contributed by atoms with Crippen LogP contribution in [0.3, 0.4) is 0 Å². The number of benzene rings is 1. The molecule has 1 fully saturated rings. The molecule has 0 atom stereocenters. The number of thioether (sulfide) groups is 1. The number of methoxy groups -OCH3 is 1. The summed E-state index contributed by atoms with van der Waals surface area (Å²) in [5.41, 5.74) is 5.74. The van der Waals surface area contributed by atoms with Gasteiger partial charge in [-0.05, 0) is 31.0 Å². The van der Waals surface area contributed by atoms with Crippen LogP contribution in [0.25, 0.3) is 0 Å². The molecule has 2 N–H and O–H groups in total. The van der Waals surface area contributed by atoms with Crippen molar-refractivity contribution >= 4 is 23.4 Å². The maximum absolute atomic E-state index is 6.04. The van der Waals surface area contributed by atoms with Gasteiger partial charge in [0, 0.05) is 16.2 Å². The Hall–Kier alpha value is -0.380. The molecule has 0 aliphatic heterocycles. The standard InChI is InChI=1S/C11H14ClNOS/c1-14-11-3-2-8(6-10(11)12)15-9-4-7(13)5-9/h2-3,6-7,9H,4-5,13H2,1H3. The van der Waals surface area contributed by atoms with Gasteiger partial charge in [0.15, 0.2) is 0 Å². The Bertz CT molecular complexity index is 352. The zero-order valence-electron chi connectivity index (χ0n) is 8.57. The average Bonchev–Trinajstić information content (AvgIpc) is 2.16. The fraction of sp³-hybridized carbons (Fsp3) is 0.455. The largest absolute Gasteiger partial charge is 0.495 e. The van der Waals surface area contributed by atoms with Crippen LogP contribution in [-0.2, 0) is 0 Å². The van der Waals surface area contributed by atoms with E-state index in [-0.39, 0.29) is 0 Å². The molecule has 0 saturated heterocycles. The smallest absolute Gasteiger partial charge is 0.137 e. The fourth-order valence-corrected chi connectivity index (χ4v) is 3.34. The lowest BCUT2D eigenvalue weighted by Gasteiger charge is -2.31. The highest BCUT2D eigenvalue weighted by atomic mass is 35.5. The van der Waals surface area contributed by atoms with Crippen molar-refractivity contribution < 1.29 is 4.74 Å². The molecule has 0 heterocycles. The Kier molecular flexibility index (Phi) is 3.44. The second-order valence-electron chi connectivity index (χ2n) is 3.77. The van der Waals surface area contributed by atoms with E-state index >= 15 is 0 Å². The van der Waals surface area contributed by atoms with Gasteiger partial charge in [-0.15, -0.1) is 11.8 Å². The van der Waals surface area contributed by atoms with Crippen molar-refractivity contribution in [2.24, 2.45) is 5.73 Å². The van der Waals surface area contributed by atoms with E-state index in [0.717, 1.165) is 18.6 Å². The van der Waals surface area contributed by atoms with Crippen LogP contribution in [0.5, 0.6) is 5.75 Å². The summed E-state index contributed by atoms with van der Waals surface area (Å²) >= 11 is 7.89. The van der Waals surface area contributed by atoms with Crippen LogP contribution in [0.15, 0.2) is 23.1 Å². The Morgan fingerprint density at radius 2 is 2.20 bits per heavy atom. The van der Waals surface area contributed by atoms with E-state index in [1.807, 2.05) is 30.0 Å². The summed E-state index contributed by atoms with van der Waals surface area (Å²) < 4.78 is 5.10. The number of rotatable bonds is 3. The molecule has 4 heteroatoms. The van der Waals surface area contributed by atoms with Gasteiger partial charge in [-0.2, -0.15) is 0 Å². The highest BCUT2D eigenvalue weighted by Crippen LogP contribution is 2.38. The van der Waals surface area contributed by atoms with Gasteiger partial charge in [-0.3, -0.25) is 0 Å². The van der Waals surface area contributed by atoms with Crippen molar-refractivity contribution in [3.8, 4) is 5.75 Å². The quantitative estimate of drug-likeness (QED) is 0.887. The van der Waals surface area contributed by atoms with Crippen LogP contribution in [0, 0.1) is 0 Å². The number of nitrogens with two attached hydrogens (primary N) is 1. The molecule has 0 bridgehead atoms. The first-order valence-electron chi connectivity index (χ1n) is 4.95. The molecule has 1 aliphatic rings. The summed E-state index contributed by atoms with van der Waals surface area (Å²) in [4.78, 5) is 1.19. The maximum atomic E-state index is 6.04. The lowest BCUT2D eigenvalue weighted by molar-refractivity contribution is 0.414. The molecule has 2 nitrogen and oxygen atoms in total. The third-order valence-corrected chi connectivity index (χ3v) is 4.10. The van der Waals surface area contributed by atoms with Crippen LogP contribution in [-0.4, -0.2) is 18.4 Å². The van der Waals surface area contributed by atoms with Crippen molar-refractivity contribution in [2.75, 3.05) is 7.11 Å². The molecule has 15 heavy (non-hydrogen) atoms. The molecule has 2 rings (SSSR count). The summed E-state index contributed by atoms with van der Waals surface area (Å²) in [5, 5.41) is 1.33. The third kappa shape index (κ3) is 2.60. The Morgan fingerprint density at radius 1 is 1.47 bits per heavy atom. The summed E-state index contributed by atoms with van der Waals surface area (Å²) in [6.07, 6.45) is 2.21. The highest BCUT2D eigenvalue weighted by Gasteiger charge is 2.26. The normalized spacial score (nSPS) is 24.7. The second kappa shape index (κ2) is 4.64. The average molecular weight is 244 g/mol. The van der Waals surface area contributed by atoms with Gasteiger partial charge in [0.25, 0.3) is 0 Å². The van der Waals surface area contributed by atoms with Crippen LogP contribution >= 0.6 is 23.4 Å². The first-order valence-corrected chi connectivity index (χ1v) is 6.20. The van der Waals surface area contributed by atoms with Crippen LogP contribution in [0.1, 0.15) is 12.8 Å². The predicted octanol–water partition coefficient (Wildman–Crippen LogP) is 2.93. The molecule has 0 amide bonds. The van der Waals surface area contributed by atoms with Crippen LogP contribution < -0.4 is 10.5 Å². The summed E-state index contributed by atoms with van der Waals surface area (Å²) in [6.45, 7) is 0. The van der Waals surface area contributed by atoms with E-state index in [0.29, 0.717) is 16.3 Å². The molecular formula is C11H14ClNOS. The van der Waals surface area contributed by atoms with Crippen molar-refractivity contribution in [2.45, 2.75) is 29.0 Å². The second-order valence-corrected chi connectivity index (χ2v) is 5.55. The molecule has 1 aliphatic carbocycles. The van der Waals surface area contributed by atoms with Gasteiger partial charge < -0.3 is 10.5 Å². The summed E-state index contributed by atoms with van der Waals surface area (Å²) in [7, 11) is 1.62. The van der Waals surface area contributed by atoms with Gasteiger partial charge in [-0.25, -0.2) is 0 Å². The zero-order valence-corrected chi connectivity index (χ0v) is 10.1. The van der Waals surface area contributed by atoms with Crippen molar-refractivity contribution in [3.05, 3.63) is 23.2 Å². The maximum Gasteiger partial charge on any atom is 0.137 e. The third-order valence-electron chi connectivity index (χ3n) is 2.56. The molecule has 0 spiro atoms. The Balaban J connectivity index is 2.00. The van der Waals surface area contributed by atoms with Crippen LogP contribution in [0.2, 0.25) is 5.02 Å². The number of hydrogen-bond donors (Lipinski definition) is 1. The highest BCUT2D eigenvalue weighted by molar-refractivity contribution is 8.00. The molecule has 82 valence electrons. The molecule has 1 aromatic carbocycles. The molecule has 0 aromatic heterocycles. The number of halogens is 1. The zero-order chi connectivity index (χ0) is 10.8. The molecule has 0 unspecified atom stereocenters. The van der Waals surface area contributed by atoms with E-state index in [1.165, 1.54) is 4.90 Å². The fourth-order valence-electron chi connectivity index (χ4n) is 1.62. The van der Waals surface area contributed by atoms with E-state index in [9.17, 15) is 0 Å². The molecule has 1 aromatic rings. The van der Waals surface area contributed by atoms with Crippen molar-refractivity contribution in [3.63, 3.8) is 0 Å². The minimum Gasteiger partial charge on any atom is -0.495 e. The van der Waals surface area contributed by atoms with E-state index in [2.05, 4.69) is 0 Å². The van der Waals surface area contributed by atoms with Crippen molar-refractivity contribution in [1.82, 2.24) is 0 Å². The minimum atomic E-state index is 0.399. The molecular weight excluding hydrogens is 230 g/mol. The monoisotopic (exact) mass is 243 g/mol. The predicted molar refractivity (Wildman–Crippen MR) is 64.9 cm³/mol. The lowest BCUT2D eigenvalue weighted by Crippen LogP contribution is -2.38. The van der Waals surface area contributed by atoms with E-state index < -0.39 is 0 Å². The first kappa shape index (κ1) is 11.1. The molecule has 1 saturated carbocycles. The summed E-state index contributed by atoms with van der Waals surface area (Å²) in [5.74, 6) is 0.728. The van der Waals surface area contributed by atoms with Gasteiger partial charge in [0.2, 0.25) is 0 Å². The topological polar surface area (TPSA) is 35.2 Å². The Labute approximate surface area is 99.1 Å².